The van der Waals surface area contributed by atoms with Crippen molar-refractivity contribution in [2.45, 2.75) is 19.4 Å². The van der Waals surface area contributed by atoms with Crippen LogP contribution in [0, 0.1) is 4.77 Å². The van der Waals surface area contributed by atoms with Crippen LogP contribution in [0.5, 0.6) is 5.88 Å². The van der Waals surface area contributed by atoms with Crippen LogP contribution in [0.1, 0.15) is 29.9 Å². The highest BCUT2D eigenvalue weighted by atomic mass is 32.1. The highest BCUT2D eigenvalue weighted by Gasteiger charge is 2.29. The predicted octanol–water partition coefficient (Wildman–Crippen LogP) is 3.26. The third-order valence-electron chi connectivity index (χ3n) is 4.36. The maximum atomic E-state index is 10.3. The third kappa shape index (κ3) is 1.28. The fourth-order valence-corrected chi connectivity index (χ4v) is 3.65. The minimum Gasteiger partial charge on any atom is -0.493 e. The molecule has 4 rings (SSSR count). The van der Waals surface area contributed by atoms with Crippen LogP contribution in [0.3, 0.4) is 0 Å². The van der Waals surface area contributed by atoms with E-state index in [0.717, 1.165) is 11.2 Å². The summed E-state index contributed by atoms with van der Waals surface area (Å²) in [5.41, 5.74) is 4.51. The van der Waals surface area contributed by atoms with Crippen molar-refractivity contribution in [3.8, 4) is 5.88 Å². The molecule has 5 heteroatoms. The molecule has 1 aromatic carbocycles. The van der Waals surface area contributed by atoms with Crippen LogP contribution in [0.4, 0.5) is 0 Å². The largest absolute Gasteiger partial charge is 0.493 e. The van der Waals surface area contributed by atoms with Gasteiger partial charge in [0, 0.05) is 30.1 Å². The van der Waals surface area contributed by atoms with Gasteiger partial charge in [0.1, 0.15) is 0 Å². The van der Waals surface area contributed by atoms with Crippen LogP contribution in [0.2, 0.25) is 0 Å². The first-order chi connectivity index (χ1) is 9.59. The van der Waals surface area contributed by atoms with Gasteiger partial charge in [-0.3, -0.25) is 4.57 Å². The molecular formula is C15H15N3OS. The molecule has 0 spiro atoms. The molecular weight excluding hydrogens is 270 g/mol. The molecule has 4 nitrogen and oxygen atoms in total. The summed E-state index contributed by atoms with van der Waals surface area (Å²) in [5.74, 6) is 0.276. The first-order valence-corrected chi connectivity index (χ1v) is 7.09. The molecule has 1 aliphatic rings. The van der Waals surface area contributed by atoms with Crippen molar-refractivity contribution in [3.63, 3.8) is 0 Å². The number of hydrogen-bond acceptors (Lipinski definition) is 2. The summed E-state index contributed by atoms with van der Waals surface area (Å²) in [6.07, 6.45) is 0.708. The summed E-state index contributed by atoms with van der Waals surface area (Å²) in [4.78, 5) is 3.50. The lowest BCUT2D eigenvalue weighted by Crippen LogP contribution is -2.18. The molecule has 0 saturated carbocycles. The van der Waals surface area contributed by atoms with Gasteiger partial charge in [-0.2, -0.15) is 0 Å². The standard InChI is InChI=1S/C15H15N3OS/c1-8-13-10(9-5-3-4-6-11(9)16-13)7-12-14(19)17(2)15(20)18(8)12/h3-6,8,16,19H,7H2,1-2H3/t8-/m1/s1. The number of fused-ring (bicyclic) bond motifs is 4. The fourth-order valence-electron chi connectivity index (χ4n) is 3.30. The van der Waals surface area contributed by atoms with E-state index in [0.29, 0.717) is 11.2 Å². The van der Waals surface area contributed by atoms with Crippen molar-refractivity contribution < 1.29 is 5.11 Å². The van der Waals surface area contributed by atoms with Gasteiger partial charge in [0.05, 0.1) is 11.7 Å². The highest BCUT2D eigenvalue weighted by molar-refractivity contribution is 7.71. The number of imidazole rings is 1. The zero-order valence-corrected chi connectivity index (χ0v) is 12.2. The van der Waals surface area contributed by atoms with Crippen molar-refractivity contribution in [1.29, 1.82) is 0 Å². The minimum atomic E-state index is 0.112. The Balaban J connectivity index is 2.06. The second kappa shape index (κ2) is 3.76. The lowest BCUT2D eigenvalue weighted by atomic mass is 9.98. The van der Waals surface area contributed by atoms with E-state index in [9.17, 15) is 5.11 Å². The number of hydrogen-bond donors (Lipinski definition) is 2. The number of nitrogens with one attached hydrogen (secondary N) is 1. The molecule has 0 saturated heterocycles. The number of aromatic nitrogens is 3. The summed E-state index contributed by atoms with van der Waals surface area (Å²) in [6, 6.07) is 8.41. The molecule has 0 aliphatic carbocycles. The Kier molecular flexibility index (Phi) is 2.22. The van der Waals surface area contributed by atoms with Gasteiger partial charge in [0.2, 0.25) is 5.88 Å². The number of para-hydroxylation sites is 1. The van der Waals surface area contributed by atoms with Gasteiger partial charge < -0.3 is 14.7 Å². The van der Waals surface area contributed by atoms with Crippen molar-refractivity contribution >= 4 is 23.1 Å². The van der Waals surface area contributed by atoms with Crippen LogP contribution in [0.15, 0.2) is 24.3 Å². The molecule has 0 radical (unpaired) electrons. The number of nitrogens with zero attached hydrogens (tertiary/aromatic N) is 2. The maximum Gasteiger partial charge on any atom is 0.213 e. The predicted molar refractivity (Wildman–Crippen MR) is 80.8 cm³/mol. The van der Waals surface area contributed by atoms with E-state index in [1.54, 1.807) is 4.57 Å². The van der Waals surface area contributed by atoms with Gasteiger partial charge in [-0.1, -0.05) is 18.2 Å². The number of H-pyrrole nitrogens is 1. The molecule has 3 heterocycles. The van der Waals surface area contributed by atoms with E-state index in [4.69, 9.17) is 12.2 Å². The molecule has 3 aromatic rings. The van der Waals surface area contributed by atoms with Crippen LogP contribution in [0.25, 0.3) is 10.9 Å². The lowest BCUT2D eigenvalue weighted by molar-refractivity contribution is 0.423. The second-order valence-corrected chi connectivity index (χ2v) is 5.76. The van der Waals surface area contributed by atoms with Gasteiger partial charge in [-0.05, 0) is 30.8 Å². The molecule has 0 bridgehead atoms. The van der Waals surface area contributed by atoms with Crippen molar-refractivity contribution in [2.75, 3.05) is 0 Å². The molecule has 2 N–H and O–H groups in total. The normalized spacial score (nSPS) is 17.2. The van der Waals surface area contributed by atoms with E-state index < -0.39 is 0 Å². The summed E-state index contributed by atoms with van der Waals surface area (Å²) in [7, 11) is 1.81. The smallest absolute Gasteiger partial charge is 0.213 e. The van der Waals surface area contributed by atoms with Crippen LogP contribution in [-0.2, 0) is 13.5 Å². The molecule has 1 atom stereocenters. The average Bonchev–Trinajstić information content (AvgIpc) is 2.93. The van der Waals surface area contributed by atoms with Crippen molar-refractivity contribution in [1.82, 2.24) is 14.1 Å². The summed E-state index contributed by atoms with van der Waals surface area (Å²) in [6.45, 7) is 2.12. The molecule has 102 valence electrons. The second-order valence-electron chi connectivity index (χ2n) is 5.40. The maximum absolute atomic E-state index is 10.3. The first kappa shape index (κ1) is 11.8. The highest BCUT2D eigenvalue weighted by Crippen LogP contribution is 2.39. The molecule has 0 unspecified atom stereocenters. The zero-order valence-electron chi connectivity index (χ0n) is 11.3. The van der Waals surface area contributed by atoms with Crippen LogP contribution in [-0.4, -0.2) is 19.2 Å². The Hall–Kier alpha value is -2.01. The monoisotopic (exact) mass is 285 g/mol. The Labute approximate surface area is 121 Å². The minimum absolute atomic E-state index is 0.112. The van der Waals surface area contributed by atoms with Gasteiger partial charge in [-0.25, -0.2) is 0 Å². The third-order valence-corrected chi connectivity index (χ3v) is 4.83. The quantitative estimate of drug-likeness (QED) is 0.623. The lowest BCUT2D eigenvalue weighted by Gasteiger charge is -2.22. The van der Waals surface area contributed by atoms with Crippen molar-refractivity contribution in [3.05, 3.63) is 46.0 Å². The summed E-state index contributed by atoms with van der Waals surface area (Å²) < 4.78 is 4.38. The zero-order chi connectivity index (χ0) is 14.0. The van der Waals surface area contributed by atoms with E-state index in [2.05, 4.69) is 24.0 Å². The molecule has 2 aromatic heterocycles. The summed E-state index contributed by atoms with van der Waals surface area (Å²) in [5, 5.41) is 11.5. The average molecular weight is 285 g/mol. The van der Waals surface area contributed by atoms with E-state index in [-0.39, 0.29) is 11.9 Å². The molecule has 0 fully saturated rings. The Bertz CT molecular complexity index is 900. The topological polar surface area (TPSA) is 45.9 Å². The van der Waals surface area contributed by atoms with Crippen LogP contribution >= 0.6 is 12.2 Å². The van der Waals surface area contributed by atoms with Crippen molar-refractivity contribution in [2.24, 2.45) is 7.05 Å². The number of benzene rings is 1. The molecule has 20 heavy (non-hydrogen) atoms. The van der Waals surface area contributed by atoms with Gasteiger partial charge in [-0.15, -0.1) is 0 Å². The van der Waals surface area contributed by atoms with Gasteiger partial charge >= 0.3 is 0 Å². The SMILES string of the molecule is C[C@@H]1c2[nH]c3ccccc3c2Cc2c(O)n(C)c(=S)n21. The van der Waals surface area contributed by atoms with E-state index in [1.165, 1.54) is 16.6 Å². The Morgan fingerprint density at radius 1 is 1.35 bits per heavy atom. The summed E-state index contributed by atoms with van der Waals surface area (Å²) >= 11 is 5.44. The Morgan fingerprint density at radius 3 is 2.90 bits per heavy atom. The van der Waals surface area contributed by atoms with E-state index in [1.807, 2.05) is 23.7 Å². The van der Waals surface area contributed by atoms with Gasteiger partial charge in [0.15, 0.2) is 4.77 Å². The van der Waals surface area contributed by atoms with Crippen LogP contribution < -0.4 is 0 Å². The van der Waals surface area contributed by atoms with E-state index >= 15 is 0 Å². The number of aromatic amines is 1. The fraction of sp³-hybridized carbons (Fsp3) is 0.267. The number of aromatic hydroxyl groups is 1. The Morgan fingerprint density at radius 2 is 2.10 bits per heavy atom. The number of rotatable bonds is 0. The first-order valence-electron chi connectivity index (χ1n) is 6.68. The molecule has 0 amide bonds. The van der Waals surface area contributed by atoms with Gasteiger partial charge in [0.25, 0.3) is 0 Å². The molecule has 1 aliphatic heterocycles.